The lowest BCUT2D eigenvalue weighted by molar-refractivity contribution is 0.322. The van der Waals surface area contributed by atoms with Gasteiger partial charge in [0.1, 0.15) is 0 Å². The van der Waals surface area contributed by atoms with Gasteiger partial charge in [-0.15, -0.1) is 0 Å². The Morgan fingerprint density at radius 2 is 2.25 bits per heavy atom. The lowest BCUT2D eigenvalue weighted by atomic mass is 9.73. The lowest BCUT2D eigenvalue weighted by Crippen LogP contribution is -2.11. The average Bonchev–Trinajstić information content (AvgIpc) is 2.09. The second-order valence-electron chi connectivity index (χ2n) is 2.55. The molecule has 0 bridgehead atoms. The summed E-state index contributed by atoms with van der Waals surface area (Å²) in [5, 5.41) is 0. The molecule has 0 N–H and O–H groups in total. The normalized spacial score (nSPS) is 9.58. The van der Waals surface area contributed by atoms with E-state index in [4.69, 9.17) is 4.74 Å². The van der Waals surface area contributed by atoms with Gasteiger partial charge < -0.3 is 4.74 Å². The zero-order chi connectivity index (χ0) is 8.97. The van der Waals surface area contributed by atoms with Crippen LogP contribution in [0.5, 0.6) is 5.75 Å². The molecule has 0 aliphatic heterocycles. The molecule has 0 saturated heterocycles. The zero-order valence-corrected chi connectivity index (χ0v) is 7.43. The summed E-state index contributed by atoms with van der Waals surface area (Å²) in [6.07, 6.45) is 0. The van der Waals surface area contributed by atoms with Crippen LogP contribution in [0.4, 0.5) is 4.39 Å². The first-order valence-corrected chi connectivity index (χ1v) is 4.19. The van der Waals surface area contributed by atoms with Crippen LogP contribution in [0.1, 0.15) is 6.92 Å². The molecular formula is C9H12BFO. The van der Waals surface area contributed by atoms with Crippen molar-refractivity contribution in [3.8, 4) is 5.75 Å². The standard InChI is InChI=1S/C9H12BFO/c1-3-12-9-5-4-7(10-2)6-8(9)11/h4-6,10H,3H2,1-2H3. The topological polar surface area (TPSA) is 9.23 Å². The first kappa shape index (κ1) is 9.11. The van der Waals surface area contributed by atoms with Gasteiger partial charge in [0.15, 0.2) is 18.8 Å². The van der Waals surface area contributed by atoms with Crippen LogP contribution < -0.4 is 10.2 Å². The number of rotatable bonds is 3. The van der Waals surface area contributed by atoms with Gasteiger partial charge in [-0.2, -0.15) is 0 Å². The quantitative estimate of drug-likeness (QED) is 0.615. The Morgan fingerprint density at radius 1 is 1.50 bits per heavy atom. The fourth-order valence-electron chi connectivity index (χ4n) is 1.04. The molecule has 64 valence electrons. The number of halogens is 1. The van der Waals surface area contributed by atoms with Gasteiger partial charge in [-0.3, -0.25) is 0 Å². The molecule has 1 aromatic carbocycles. The van der Waals surface area contributed by atoms with Crippen molar-refractivity contribution < 1.29 is 9.13 Å². The predicted octanol–water partition coefficient (Wildman–Crippen LogP) is 1.33. The van der Waals surface area contributed by atoms with E-state index < -0.39 is 0 Å². The molecule has 3 heteroatoms. The molecule has 1 nitrogen and oxygen atoms in total. The Balaban J connectivity index is 2.87. The van der Waals surface area contributed by atoms with Gasteiger partial charge in [0, 0.05) is 0 Å². The van der Waals surface area contributed by atoms with Gasteiger partial charge in [-0.1, -0.05) is 18.4 Å². The van der Waals surface area contributed by atoms with Crippen molar-refractivity contribution >= 4 is 12.7 Å². The molecule has 0 heterocycles. The Bertz CT molecular complexity index is 263. The number of hydrogen-bond donors (Lipinski definition) is 0. The van der Waals surface area contributed by atoms with E-state index in [-0.39, 0.29) is 5.82 Å². The Labute approximate surface area is 72.8 Å². The minimum atomic E-state index is -0.267. The van der Waals surface area contributed by atoms with E-state index >= 15 is 0 Å². The highest BCUT2D eigenvalue weighted by molar-refractivity contribution is 6.51. The highest BCUT2D eigenvalue weighted by Crippen LogP contribution is 2.13. The highest BCUT2D eigenvalue weighted by Gasteiger charge is 2.02. The van der Waals surface area contributed by atoms with Gasteiger partial charge in [-0.25, -0.2) is 4.39 Å². The molecule has 0 radical (unpaired) electrons. The highest BCUT2D eigenvalue weighted by atomic mass is 19.1. The van der Waals surface area contributed by atoms with Gasteiger partial charge in [0.2, 0.25) is 0 Å². The third kappa shape index (κ3) is 2.00. The summed E-state index contributed by atoms with van der Waals surface area (Å²) < 4.78 is 18.2. The average molecular weight is 166 g/mol. The van der Waals surface area contributed by atoms with Gasteiger partial charge in [0.05, 0.1) is 6.61 Å². The van der Waals surface area contributed by atoms with E-state index in [0.29, 0.717) is 12.4 Å². The monoisotopic (exact) mass is 166 g/mol. The third-order valence-corrected chi connectivity index (χ3v) is 1.70. The van der Waals surface area contributed by atoms with E-state index in [1.165, 1.54) is 6.07 Å². The van der Waals surface area contributed by atoms with Crippen LogP contribution in [-0.4, -0.2) is 13.9 Å². The summed E-state index contributed by atoms with van der Waals surface area (Å²) in [6, 6.07) is 5.08. The molecule has 0 amide bonds. The van der Waals surface area contributed by atoms with E-state index in [9.17, 15) is 4.39 Å². The van der Waals surface area contributed by atoms with Crippen molar-refractivity contribution in [3.05, 3.63) is 24.0 Å². The molecule has 0 aromatic heterocycles. The first-order chi connectivity index (χ1) is 5.77. The molecule has 0 saturated carbocycles. The van der Waals surface area contributed by atoms with Crippen LogP contribution >= 0.6 is 0 Å². The van der Waals surface area contributed by atoms with Crippen LogP contribution in [0, 0.1) is 5.82 Å². The second kappa shape index (κ2) is 4.14. The maximum Gasteiger partial charge on any atom is 0.164 e. The maximum atomic E-state index is 13.1. The van der Waals surface area contributed by atoms with Crippen molar-refractivity contribution in [1.29, 1.82) is 0 Å². The van der Waals surface area contributed by atoms with Crippen molar-refractivity contribution in [3.63, 3.8) is 0 Å². The van der Waals surface area contributed by atoms with Crippen LogP contribution in [-0.2, 0) is 0 Å². The molecule has 0 atom stereocenters. The number of hydrogen-bond acceptors (Lipinski definition) is 1. The Hall–Kier alpha value is -0.985. The van der Waals surface area contributed by atoms with Gasteiger partial charge in [-0.05, 0) is 19.1 Å². The van der Waals surface area contributed by atoms with Crippen molar-refractivity contribution in [2.75, 3.05) is 6.61 Å². The largest absolute Gasteiger partial charge is 0.491 e. The summed E-state index contributed by atoms with van der Waals surface area (Å²) in [6.45, 7) is 4.34. The van der Waals surface area contributed by atoms with Gasteiger partial charge in [0.25, 0.3) is 0 Å². The van der Waals surface area contributed by atoms with Crippen LogP contribution in [0.15, 0.2) is 18.2 Å². The minimum absolute atomic E-state index is 0.267. The molecule has 1 rings (SSSR count). The van der Waals surface area contributed by atoms with E-state index in [1.54, 1.807) is 6.07 Å². The number of ether oxygens (including phenoxy) is 1. The predicted molar refractivity (Wildman–Crippen MR) is 50.2 cm³/mol. The summed E-state index contributed by atoms with van der Waals surface area (Å²) in [5.41, 5.74) is 0.996. The fraction of sp³-hybridized carbons (Fsp3) is 0.333. The second-order valence-corrected chi connectivity index (χ2v) is 2.55. The van der Waals surface area contributed by atoms with E-state index in [0.717, 1.165) is 12.7 Å². The van der Waals surface area contributed by atoms with Crippen LogP contribution in [0.3, 0.4) is 0 Å². The molecule has 1 aromatic rings. The first-order valence-electron chi connectivity index (χ1n) is 4.19. The van der Waals surface area contributed by atoms with Gasteiger partial charge >= 0.3 is 0 Å². The SMILES string of the molecule is CBc1ccc(OCC)c(F)c1. The molecule has 0 aliphatic rings. The molecule has 0 aliphatic carbocycles. The molecule has 0 fully saturated rings. The third-order valence-electron chi connectivity index (χ3n) is 1.70. The van der Waals surface area contributed by atoms with E-state index in [1.807, 2.05) is 19.8 Å². The molecule has 0 unspecified atom stereocenters. The molecular weight excluding hydrogens is 154 g/mol. The Kier molecular flexibility index (Phi) is 3.14. The van der Waals surface area contributed by atoms with E-state index in [2.05, 4.69) is 0 Å². The summed E-state index contributed by atoms with van der Waals surface area (Å²) in [5.74, 6) is 0.0749. The van der Waals surface area contributed by atoms with Crippen molar-refractivity contribution in [2.45, 2.75) is 13.7 Å². The number of benzene rings is 1. The smallest absolute Gasteiger partial charge is 0.164 e. The summed E-state index contributed by atoms with van der Waals surface area (Å²) in [7, 11) is 0.851. The lowest BCUT2D eigenvalue weighted by Gasteiger charge is -2.04. The fourth-order valence-corrected chi connectivity index (χ4v) is 1.04. The summed E-state index contributed by atoms with van der Waals surface area (Å²) in [4.78, 5) is 0. The van der Waals surface area contributed by atoms with Crippen LogP contribution in [0.25, 0.3) is 0 Å². The maximum absolute atomic E-state index is 13.1. The van der Waals surface area contributed by atoms with Crippen LogP contribution in [0.2, 0.25) is 6.82 Å². The van der Waals surface area contributed by atoms with Crippen molar-refractivity contribution in [1.82, 2.24) is 0 Å². The zero-order valence-electron chi connectivity index (χ0n) is 7.43. The summed E-state index contributed by atoms with van der Waals surface area (Å²) >= 11 is 0. The molecule has 0 spiro atoms. The Morgan fingerprint density at radius 3 is 2.75 bits per heavy atom. The minimum Gasteiger partial charge on any atom is -0.491 e. The molecule has 12 heavy (non-hydrogen) atoms. The van der Waals surface area contributed by atoms with Crippen molar-refractivity contribution in [2.24, 2.45) is 0 Å².